The quantitative estimate of drug-likeness (QED) is 0.241. The van der Waals surface area contributed by atoms with Crippen molar-refractivity contribution in [2.24, 2.45) is 11.8 Å². The molecule has 3 heterocycles. The van der Waals surface area contributed by atoms with Crippen molar-refractivity contribution in [3.05, 3.63) is 61.2 Å². The summed E-state index contributed by atoms with van der Waals surface area (Å²) in [5.74, 6) is -3.13. The van der Waals surface area contributed by atoms with E-state index < -0.39 is 41.7 Å². The molecule has 1 aromatic rings. The van der Waals surface area contributed by atoms with Crippen LogP contribution in [0.5, 0.6) is 0 Å². The van der Waals surface area contributed by atoms with Crippen LogP contribution in [0.15, 0.2) is 55.6 Å². The van der Waals surface area contributed by atoms with Crippen molar-refractivity contribution in [2.75, 3.05) is 26.2 Å². The molecule has 3 saturated heterocycles. The fourth-order valence-electron chi connectivity index (χ4n) is 6.68. The third kappa shape index (κ3) is 6.01. The lowest BCUT2D eigenvalue weighted by molar-refractivity contribution is -0.160. The summed E-state index contributed by atoms with van der Waals surface area (Å²) in [6, 6.07) is 8.07. The number of aliphatic hydroxyl groups excluding tert-OH is 1. The van der Waals surface area contributed by atoms with Gasteiger partial charge < -0.3 is 29.7 Å². The zero-order valence-electron chi connectivity index (χ0n) is 24.6. The molecule has 10 heteroatoms. The first-order chi connectivity index (χ1) is 20.2. The Kier molecular flexibility index (Phi) is 10.2. The number of benzene rings is 1. The minimum absolute atomic E-state index is 0.0718. The molecule has 2 N–H and O–H groups in total. The maximum absolute atomic E-state index is 14.1. The molecule has 4 rings (SSSR count). The number of hydrogen-bond acceptors (Lipinski definition) is 7. The van der Waals surface area contributed by atoms with Gasteiger partial charge >= 0.3 is 5.97 Å². The van der Waals surface area contributed by atoms with Crippen molar-refractivity contribution in [3.8, 4) is 0 Å². The van der Waals surface area contributed by atoms with Crippen LogP contribution in [0.2, 0.25) is 0 Å². The second-order valence-corrected chi connectivity index (χ2v) is 11.5. The minimum atomic E-state index is -1.16. The van der Waals surface area contributed by atoms with Gasteiger partial charge in [0.15, 0.2) is 0 Å². The largest absolute Gasteiger partial charge is 0.455 e. The van der Waals surface area contributed by atoms with Crippen LogP contribution in [-0.4, -0.2) is 88.6 Å². The van der Waals surface area contributed by atoms with Gasteiger partial charge in [-0.05, 0) is 45.1 Å². The monoisotopic (exact) mass is 581 g/mol. The van der Waals surface area contributed by atoms with E-state index in [4.69, 9.17) is 9.47 Å². The molecular weight excluding hydrogens is 538 g/mol. The summed E-state index contributed by atoms with van der Waals surface area (Å²) in [5, 5.41) is 12.4. The number of carbonyl (C=O) groups is 4. The van der Waals surface area contributed by atoms with Crippen molar-refractivity contribution in [2.45, 2.75) is 75.8 Å². The number of ether oxygens (including phenoxy) is 2. The van der Waals surface area contributed by atoms with Gasteiger partial charge in [0.25, 0.3) is 0 Å². The fraction of sp³-hybridized carbons (Fsp3) is 0.562. The van der Waals surface area contributed by atoms with Gasteiger partial charge in [-0.2, -0.15) is 0 Å². The van der Waals surface area contributed by atoms with Crippen LogP contribution in [0, 0.1) is 11.8 Å². The van der Waals surface area contributed by atoms with Crippen LogP contribution in [-0.2, 0) is 28.7 Å². The number of carbonyl (C=O) groups excluding carboxylic acids is 4. The van der Waals surface area contributed by atoms with E-state index in [1.807, 2.05) is 44.2 Å². The smallest absolute Gasteiger partial charge is 0.313 e. The van der Waals surface area contributed by atoms with Gasteiger partial charge in [-0.25, -0.2) is 0 Å². The molecule has 3 aliphatic rings. The van der Waals surface area contributed by atoms with Gasteiger partial charge in [-0.1, -0.05) is 42.5 Å². The van der Waals surface area contributed by atoms with Gasteiger partial charge in [-0.3, -0.25) is 19.2 Å². The number of likely N-dealkylation sites (tertiary alicyclic amines) is 1. The molecule has 42 heavy (non-hydrogen) atoms. The Morgan fingerprint density at radius 1 is 1.24 bits per heavy atom. The summed E-state index contributed by atoms with van der Waals surface area (Å²) in [4.78, 5) is 57.5. The van der Waals surface area contributed by atoms with E-state index in [-0.39, 0.29) is 49.9 Å². The molecule has 2 bridgehead atoms. The molecule has 0 unspecified atom stereocenters. The van der Waals surface area contributed by atoms with Crippen molar-refractivity contribution < 1.29 is 33.8 Å². The Morgan fingerprint density at radius 3 is 2.62 bits per heavy atom. The lowest BCUT2D eigenvalue weighted by atomic mass is 9.70. The summed E-state index contributed by atoms with van der Waals surface area (Å²) >= 11 is 0. The van der Waals surface area contributed by atoms with E-state index in [2.05, 4.69) is 18.5 Å². The lowest BCUT2D eigenvalue weighted by Crippen LogP contribution is -2.57. The molecule has 10 nitrogen and oxygen atoms in total. The number of fused-ring (bicyclic) bond motifs is 1. The molecule has 3 aliphatic heterocycles. The van der Waals surface area contributed by atoms with Crippen molar-refractivity contribution in [1.82, 2.24) is 15.1 Å². The van der Waals surface area contributed by atoms with Crippen molar-refractivity contribution >= 4 is 23.7 Å². The first-order valence-corrected chi connectivity index (χ1v) is 14.8. The number of hydrogen-bond donors (Lipinski definition) is 2. The number of allylic oxidation sites excluding steroid dienone is 1. The van der Waals surface area contributed by atoms with E-state index in [1.165, 1.54) is 4.90 Å². The normalized spacial score (nSPS) is 26.6. The standard InChI is InChI=1S/C32H43N3O7/c1-5-7-14-25(37)33-20-24(22-12-9-8-10-13-22)41-31(40)26-23-15-16-32(42-23)27(26)29(38)35(18-11-19-36)28(32)30(39)34(17-6-2)21(3)4/h5-6,8-10,12-13,21,23-24,26-28,36H,1-2,7,11,14-20H2,3-4H3,(H,33,37)/t23-,24+,26+,27+,28-,32+/m1/s1. The summed E-state index contributed by atoms with van der Waals surface area (Å²) < 4.78 is 12.5. The van der Waals surface area contributed by atoms with Gasteiger partial charge in [0.2, 0.25) is 17.7 Å². The molecule has 0 aliphatic carbocycles. The molecular formula is C32H43N3O7. The highest BCUT2D eigenvalue weighted by atomic mass is 16.6. The minimum Gasteiger partial charge on any atom is -0.455 e. The second-order valence-electron chi connectivity index (χ2n) is 11.5. The molecule has 0 saturated carbocycles. The average molecular weight is 582 g/mol. The molecule has 0 radical (unpaired) electrons. The highest BCUT2D eigenvalue weighted by Crippen LogP contribution is 2.59. The highest BCUT2D eigenvalue weighted by Gasteiger charge is 2.75. The molecule has 1 aromatic carbocycles. The van der Waals surface area contributed by atoms with E-state index in [1.54, 1.807) is 17.1 Å². The average Bonchev–Trinajstić information content (AvgIpc) is 3.62. The summed E-state index contributed by atoms with van der Waals surface area (Å²) in [7, 11) is 0. The van der Waals surface area contributed by atoms with E-state index in [9.17, 15) is 24.3 Å². The van der Waals surface area contributed by atoms with E-state index in [0.717, 1.165) is 0 Å². The molecule has 3 amide bonds. The Bertz CT molecular complexity index is 1170. The van der Waals surface area contributed by atoms with Crippen molar-refractivity contribution in [1.29, 1.82) is 0 Å². The molecule has 228 valence electrons. The van der Waals surface area contributed by atoms with Crippen LogP contribution in [0.4, 0.5) is 0 Å². The predicted molar refractivity (Wildman–Crippen MR) is 156 cm³/mol. The lowest BCUT2D eigenvalue weighted by Gasteiger charge is -2.38. The summed E-state index contributed by atoms with van der Waals surface area (Å²) in [5.41, 5.74) is -0.450. The molecule has 6 atom stereocenters. The first kappa shape index (κ1) is 31.4. The number of nitrogens with zero attached hydrogens (tertiary/aromatic N) is 2. The van der Waals surface area contributed by atoms with Crippen LogP contribution in [0.25, 0.3) is 0 Å². The zero-order chi connectivity index (χ0) is 30.4. The SMILES string of the molecule is C=CCCC(=O)NC[C@H](OC(=O)[C@@H]1[C@H]2C(=O)N(CCCO)[C@H](C(=O)N(CC=C)C(C)C)[C@]23CC[C@H]1O3)c1ccccc1. The molecule has 0 aromatic heterocycles. The number of amides is 3. The fourth-order valence-corrected chi connectivity index (χ4v) is 6.68. The zero-order valence-corrected chi connectivity index (χ0v) is 24.6. The van der Waals surface area contributed by atoms with Crippen LogP contribution < -0.4 is 5.32 Å². The summed E-state index contributed by atoms with van der Waals surface area (Å²) in [6.45, 7) is 11.6. The Morgan fingerprint density at radius 2 is 1.98 bits per heavy atom. The van der Waals surface area contributed by atoms with Crippen LogP contribution in [0.1, 0.15) is 57.6 Å². The molecule has 3 fully saturated rings. The third-order valence-corrected chi connectivity index (χ3v) is 8.59. The Labute approximate surface area is 247 Å². The van der Waals surface area contributed by atoms with Crippen molar-refractivity contribution in [3.63, 3.8) is 0 Å². The maximum Gasteiger partial charge on any atom is 0.313 e. The van der Waals surface area contributed by atoms with E-state index in [0.29, 0.717) is 37.8 Å². The summed E-state index contributed by atoms with van der Waals surface area (Å²) in [6.07, 6.45) is 4.05. The van der Waals surface area contributed by atoms with Crippen LogP contribution in [0.3, 0.4) is 0 Å². The number of aliphatic hydroxyl groups is 1. The Balaban J connectivity index is 1.62. The number of nitrogens with one attached hydrogen (secondary N) is 1. The topological polar surface area (TPSA) is 125 Å². The second kappa shape index (κ2) is 13.6. The first-order valence-electron chi connectivity index (χ1n) is 14.8. The van der Waals surface area contributed by atoms with Gasteiger partial charge in [-0.15, -0.1) is 13.2 Å². The number of esters is 1. The van der Waals surface area contributed by atoms with Gasteiger partial charge in [0.05, 0.1) is 24.5 Å². The van der Waals surface area contributed by atoms with Gasteiger partial charge in [0, 0.05) is 32.2 Å². The maximum atomic E-state index is 14.1. The molecule has 1 spiro atoms. The predicted octanol–water partition coefficient (Wildman–Crippen LogP) is 2.53. The third-order valence-electron chi connectivity index (χ3n) is 8.59. The number of rotatable bonds is 15. The highest BCUT2D eigenvalue weighted by molar-refractivity contribution is 5.98. The van der Waals surface area contributed by atoms with Crippen LogP contribution >= 0.6 is 0 Å². The van der Waals surface area contributed by atoms with E-state index >= 15 is 0 Å². The Hall–Kier alpha value is -3.50. The van der Waals surface area contributed by atoms with Gasteiger partial charge in [0.1, 0.15) is 17.7 Å².